The number of methoxy groups -OCH3 is 1. The van der Waals surface area contributed by atoms with Crippen LogP contribution in [0.15, 0.2) is 41.5 Å². The van der Waals surface area contributed by atoms with Crippen molar-refractivity contribution in [3.8, 4) is 23.2 Å². The maximum absolute atomic E-state index is 12.8. The van der Waals surface area contributed by atoms with Gasteiger partial charge in [0.1, 0.15) is 17.3 Å². The van der Waals surface area contributed by atoms with E-state index in [9.17, 15) is 4.79 Å². The monoisotopic (exact) mass is 470 g/mol. The summed E-state index contributed by atoms with van der Waals surface area (Å²) in [6.07, 6.45) is 2.82. The Hall–Kier alpha value is -5.32. The fourth-order valence-electron chi connectivity index (χ4n) is 3.56. The van der Waals surface area contributed by atoms with E-state index in [0.717, 1.165) is 0 Å². The Morgan fingerprint density at radius 1 is 1.11 bits per heavy atom. The number of para-hydroxylation sites is 1. The lowest BCUT2D eigenvalue weighted by atomic mass is 10.1. The molecule has 0 amide bonds. The quantitative estimate of drug-likeness (QED) is 0.328. The first-order valence-corrected chi connectivity index (χ1v) is 10.2. The second-order valence-electron chi connectivity index (χ2n) is 7.39. The molecule has 0 aliphatic rings. The number of hydrogen-bond acceptors (Lipinski definition) is 11. The lowest BCUT2D eigenvalue weighted by Gasteiger charge is -2.15. The fraction of sp³-hybridized carbons (Fsp3) is 0.143. The molecule has 3 N–H and O–H groups in total. The zero-order valence-electron chi connectivity index (χ0n) is 18.8. The molecule has 1 aromatic carbocycles. The standard InChI is InChI=1S/C21H18N12O2/c1-32-21(34)17-14(7-15(27-20(17)29-32)26-16-10-23-9-11(8-22)24-16)25-13-6-4-5-12(18(13)35-3)19-28-31-33(2)30-19/h4-7,9-10H,1-3H3,(H3,24,25,26,27,29). The zero-order chi connectivity index (χ0) is 24.5. The van der Waals surface area contributed by atoms with Gasteiger partial charge in [-0.1, -0.05) is 6.07 Å². The van der Waals surface area contributed by atoms with Gasteiger partial charge >= 0.3 is 0 Å². The van der Waals surface area contributed by atoms with Crippen LogP contribution in [0.1, 0.15) is 5.69 Å². The molecule has 0 spiro atoms. The minimum absolute atomic E-state index is 0.154. The van der Waals surface area contributed by atoms with Gasteiger partial charge in [-0.05, 0) is 17.3 Å². The summed E-state index contributed by atoms with van der Waals surface area (Å²) in [4.78, 5) is 26.8. The van der Waals surface area contributed by atoms with Gasteiger partial charge in [0.25, 0.3) is 5.56 Å². The molecule has 174 valence electrons. The highest BCUT2D eigenvalue weighted by molar-refractivity contribution is 5.94. The van der Waals surface area contributed by atoms with Gasteiger partial charge in [-0.3, -0.25) is 19.6 Å². The van der Waals surface area contributed by atoms with Gasteiger partial charge in [0, 0.05) is 13.1 Å². The molecule has 5 rings (SSSR count). The second kappa shape index (κ2) is 8.56. The number of hydrogen-bond donors (Lipinski definition) is 3. The van der Waals surface area contributed by atoms with Crippen LogP contribution in [0.4, 0.5) is 23.0 Å². The van der Waals surface area contributed by atoms with Crippen LogP contribution < -0.4 is 20.9 Å². The smallest absolute Gasteiger partial charge is 0.277 e. The topological polar surface area (TPSA) is 177 Å². The van der Waals surface area contributed by atoms with Crippen molar-refractivity contribution in [3.05, 3.63) is 52.7 Å². The SMILES string of the molecule is COc1c(Nc2cc(Nc3cncc(C#N)n3)nc3[nH]n(C)c(=O)c23)cccc1-c1nnn(C)n1. The number of tetrazole rings is 1. The second-order valence-corrected chi connectivity index (χ2v) is 7.39. The van der Waals surface area contributed by atoms with Crippen molar-refractivity contribution in [2.75, 3.05) is 17.7 Å². The van der Waals surface area contributed by atoms with E-state index in [2.05, 4.69) is 46.1 Å². The molecule has 0 radical (unpaired) electrons. The summed E-state index contributed by atoms with van der Waals surface area (Å²) in [5, 5.41) is 30.9. The summed E-state index contributed by atoms with van der Waals surface area (Å²) in [5.74, 6) is 1.56. The number of nitrogens with one attached hydrogen (secondary N) is 3. The molecule has 0 saturated heterocycles. The Bertz CT molecular complexity index is 1660. The molecular weight excluding hydrogens is 452 g/mol. The van der Waals surface area contributed by atoms with E-state index in [-0.39, 0.29) is 11.3 Å². The van der Waals surface area contributed by atoms with Crippen molar-refractivity contribution < 1.29 is 4.74 Å². The maximum atomic E-state index is 12.8. The average molecular weight is 470 g/mol. The molecule has 5 aromatic rings. The van der Waals surface area contributed by atoms with Gasteiger partial charge in [0.15, 0.2) is 22.9 Å². The van der Waals surface area contributed by atoms with Crippen molar-refractivity contribution in [3.63, 3.8) is 0 Å². The number of aryl methyl sites for hydroxylation is 2. The number of benzene rings is 1. The average Bonchev–Trinajstić information content (AvgIpc) is 3.41. The van der Waals surface area contributed by atoms with Gasteiger partial charge in [-0.15, -0.1) is 10.2 Å². The van der Waals surface area contributed by atoms with Gasteiger partial charge in [-0.2, -0.15) is 10.1 Å². The minimum atomic E-state index is -0.265. The normalized spacial score (nSPS) is 10.8. The Labute approximate surface area is 197 Å². The van der Waals surface area contributed by atoms with Gasteiger partial charge in [-0.25, -0.2) is 9.97 Å². The summed E-state index contributed by atoms with van der Waals surface area (Å²) in [6.45, 7) is 0. The van der Waals surface area contributed by atoms with E-state index in [1.807, 2.05) is 18.2 Å². The molecule has 35 heavy (non-hydrogen) atoms. The highest BCUT2D eigenvalue weighted by atomic mass is 16.5. The third-order valence-electron chi connectivity index (χ3n) is 5.05. The molecule has 0 fully saturated rings. The summed E-state index contributed by atoms with van der Waals surface area (Å²) in [7, 11) is 4.81. The summed E-state index contributed by atoms with van der Waals surface area (Å²) >= 11 is 0. The van der Waals surface area contributed by atoms with Crippen LogP contribution >= 0.6 is 0 Å². The van der Waals surface area contributed by atoms with E-state index in [1.54, 1.807) is 26.2 Å². The van der Waals surface area contributed by atoms with E-state index < -0.39 is 0 Å². The maximum Gasteiger partial charge on any atom is 0.277 e. The van der Waals surface area contributed by atoms with Crippen molar-refractivity contribution >= 4 is 34.0 Å². The van der Waals surface area contributed by atoms with E-state index in [0.29, 0.717) is 51.2 Å². The lowest BCUT2D eigenvalue weighted by molar-refractivity contribution is 0.418. The van der Waals surface area contributed by atoms with Crippen molar-refractivity contribution in [1.82, 2.24) is 44.9 Å². The molecule has 0 aliphatic carbocycles. The first-order valence-electron chi connectivity index (χ1n) is 10.2. The lowest BCUT2D eigenvalue weighted by Crippen LogP contribution is -2.12. The van der Waals surface area contributed by atoms with Crippen LogP contribution in [0.25, 0.3) is 22.4 Å². The number of rotatable bonds is 6. The van der Waals surface area contributed by atoms with E-state index in [1.165, 1.54) is 29.0 Å². The Morgan fingerprint density at radius 3 is 2.71 bits per heavy atom. The van der Waals surface area contributed by atoms with Crippen LogP contribution in [0, 0.1) is 11.3 Å². The number of nitrogens with zero attached hydrogens (tertiary/aromatic N) is 9. The molecule has 4 aromatic heterocycles. The van der Waals surface area contributed by atoms with Crippen molar-refractivity contribution in [1.29, 1.82) is 5.26 Å². The van der Waals surface area contributed by atoms with Crippen molar-refractivity contribution in [2.45, 2.75) is 0 Å². The molecule has 0 bridgehead atoms. The molecule has 4 heterocycles. The number of aromatic amines is 1. The summed E-state index contributed by atoms with van der Waals surface area (Å²) in [5.41, 5.74) is 1.90. The molecule has 0 aliphatic heterocycles. The third-order valence-corrected chi connectivity index (χ3v) is 5.05. The van der Waals surface area contributed by atoms with Crippen molar-refractivity contribution in [2.24, 2.45) is 14.1 Å². The minimum Gasteiger partial charge on any atom is -0.494 e. The first kappa shape index (κ1) is 21.5. The highest BCUT2D eigenvalue weighted by Crippen LogP contribution is 2.37. The number of ether oxygens (including phenoxy) is 1. The Kier molecular flexibility index (Phi) is 5.26. The number of pyridine rings is 1. The van der Waals surface area contributed by atoms with Gasteiger partial charge in [0.2, 0.25) is 5.82 Å². The van der Waals surface area contributed by atoms with Crippen LogP contribution in [-0.2, 0) is 14.1 Å². The van der Waals surface area contributed by atoms with Crippen LogP contribution in [0.5, 0.6) is 5.75 Å². The number of fused-ring (bicyclic) bond motifs is 1. The Balaban J connectivity index is 1.61. The number of anilines is 4. The number of aromatic nitrogens is 9. The molecular formula is C21H18N12O2. The predicted molar refractivity (Wildman–Crippen MR) is 125 cm³/mol. The molecule has 0 atom stereocenters. The van der Waals surface area contributed by atoms with E-state index >= 15 is 0 Å². The van der Waals surface area contributed by atoms with Crippen LogP contribution in [-0.4, -0.2) is 52.0 Å². The summed E-state index contributed by atoms with van der Waals surface area (Å²) < 4.78 is 6.99. The molecule has 14 heteroatoms. The molecule has 14 nitrogen and oxygen atoms in total. The fourth-order valence-corrected chi connectivity index (χ4v) is 3.56. The van der Waals surface area contributed by atoms with Gasteiger partial charge < -0.3 is 15.4 Å². The predicted octanol–water partition coefficient (Wildman–Crippen LogP) is 1.61. The van der Waals surface area contributed by atoms with E-state index in [4.69, 9.17) is 10.00 Å². The number of nitriles is 1. The Morgan fingerprint density at radius 2 is 1.97 bits per heavy atom. The summed E-state index contributed by atoms with van der Waals surface area (Å²) in [6, 6.07) is 9.03. The highest BCUT2D eigenvalue weighted by Gasteiger charge is 2.19. The van der Waals surface area contributed by atoms with Crippen LogP contribution in [0.3, 0.4) is 0 Å². The molecule has 0 unspecified atom stereocenters. The first-order chi connectivity index (χ1) is 17.0. The van der Waals surface area contributed by atoms with Gasteiger partial charge in [0.05, 0.1) is 43.5 Å². The third kappa shape index (κ3) is 3.97. The molecule has 0 saturated carbocycles. The largest absolute Gasteiger partial charge is 0.494 e. The van der Waals surface area contributed by atoms with Crippen LogP contribution in [0.2, 0.25) is 0 Å². The number of H-pyrrole nitrogens is 1. The zero-order valence-corrected chi connectivity index (χ0v) is 18.8.